The Hall–Kier alpha value is -2.63. The Bertz CT molecular complexity index is 1270. The van der Waals surface area contributed by atoms with Crippen molar-refractivity contribution in [3.63, 3.8) is 0 Å². The minimum Gasteiger partial charge on any atom is -0.283 e. The van der Waals surface area contributed by atoms with E-state index in [1.165, 1.54) is 27.1 Å². The molecule has 144 valence electrons. The number of allylic oxidation sites excluding steroid dienone is 1. The molecule has 2 aromatic heterocycles. The van der Waals surface area contributed by atoms with Gasteiger partial charge in [-0.25, -0.2) is 4.98 Å². The average molecular weight is 417 g/mol. The minimum atomic E-state index is 0.0577. The van der Waals surface area contributed by atoms with Crippen LogP contribution in [-0.2, 0) is 25.1 Å². The Morgan fingerprint density at radius 2 is 1.90 bits per heavy atom. The first kappa shape index (κ1) is 18.4. The number of hydrogen-bond donors (Lipinski definition) is 0. The van der Waals surface area contributed by atoms with Gasteiger partial charge < -0.3 is 0 Å². The van der Waals surface area contributed by atoms with Crippen molar-refractivity contribution in [2.45, 2.75) is 30.3 Å². The first-order valence-electron chi connectivity index (χ1n) is 9.68. The highest BCUT2D eigenvalue weighted by molar-refractivity contribution is 7.98. The highest BCUT2D eigenvalue weighted by Crippen LogP contribution is 2.42. The Labute approximate surface area is 177 Å². The van der Waals surface area contributed by atoms with E-state index in [-0.39, 0.29) is 5.56 Å². The van der Waals surface area contributed by atoms with E-state index >= 15 is 0 Å². The predicted molar refractivity (Wildman–Crippen MR) is 123 cm³/mol. The van der Waals surface area contributed by atoms with E-state index < -0.39 is 0 Å². The van der Waals surface area contributed by atoms with E-state index in [0.717, 1.165) is 34.0 Å². The minimum absolute atomic E-state index is 0.0577. The lowest BCUT2D eigenvalue weighted by Crippen LogP contribution is -2.23. The average Bonchev–Trinajstić information content (AvgIpc) is 3.14. The molecule has 1 aliphatic carbocycles. The first-order chi connectivity index (χ1) is 14.3. The number of thioether (sulfide) groups is 1. The largest absolute Gasteiger partial charge is 0.283 e. The summed E-state index contributed by atoms with van der Waals surface area (Å²) in [5.41, 5.74) is 5.05. The molecule has 2 aromatic carbocycles. The smallest absolute Gasteiger partial charge is 0.263 e. The van der Waals surface area contributed by atoms with Gasteiger partial charge in [-0.1, -0.05) is 72.4 Å². The molecule has 0 amide bonds. The van der Waals surface area contributed by atoms with Crippen LogP contribution >= 0.6 is 23.1 Å². The highest BCUT2D eigenvalue weighted by atomic mass is 32.2. The fraction of sp³-hybridized carbons (Fsp3) is 0.167. The second kappa shape index (κ2) is 7.65. The number of aryl methyl sites for hydroxylation is 2. The van der Waals surface area contributed by atoms with Gasteiger partial charge in [0, 0.05) is 17.2 Å². The third-order valence-electron chi connectivity index (χ3n) is 5.30. The van der Waals surface area contributed by atoms with Crippen LogP contribution < -0.4 is 5.56 Å². The van der Waals surface area contributed by atoms with Crippen molar-refractivity contribution in [1.82, 2.24) is 9.55 Å². The second-order valence-corrected chi connectivity index (χ2v) is 9.06. The molecule has 0 aliphatic heterocycles. The van der Waals surface area contributed by atoms with Crippen molar-refractivity contribution in [1.29, 1.82) is 0 Å². The fourth-order valence-electron chi connectivity index (χ4n) is 3.92. The van der Waals surface area contributed by atoms with Crippen LogP contribution in [0.15, 0.2) is 77.2 Å². The molecular formula is C24H20N2OS2. The van der Waals surface area contributed by atoms with Gasteiger partial charge in [-0.15, -0.1) is 17.9 Å². The van der Waals surface area contributed by atoms with Crippen molar-refractivity contribution in [3.05, 3.63) is 94.3 Å². The van der Waals surface area contributed by atoms with Crippen molar-refractivity contribution < 1.29 is 0 Å². The Morgan fingerprint density at radius 3 is 2.72 bits per heavy atom. The molecule has 5 rings (SSSR count). The number of rotatable bonds is 5. The maximum Gasteiger partial charge on any atom is 0.263 e. The van der Waals surface area contributed by atoms with Crippen LogP contribution in [0.3, 0.4) is 0 Å². The quantitative estimate of drug-likeness (QED) is 0.238. The lowest BCUT2D eigenvalue weighted by atomic mass is 9.90. The maximum atomic E-state index is 13.5. The molecule has 3 nitrogen and oxygen atoms in total. The van der Waals surface area contributed by atoms with Crippen LogP contribution in [0.1, 0.15) is 16.7 Å². The van der Waals surface area contributed by atoms with E-state index in [1.54, 1.807) is 33.7 Å². The topological polar surface area (TPSA) is 34.9 Å². The number of thiophene rings is 1. The highest BCUT2D eigenvalue weighted by Gasteiger charge is 2.25. The molecule has 5 heteroatoms. The summed E-state index contributed by atoms with van der Waals surface area (Å²) >= 11 is 3.27. The van der Waals surface area contributed by atoms with Gasteiger partial charge in [-0.2, -0.15) is 0 Å². The summed E-state index contributed by atoms with van der Waals surface area (Å²) in [7, 11) is 0. The molecule has 0 spiro atoms. The lowest BCUT2D eigenvalue weighted by molar-refractivity contribution is 0.672. The Balaban J connectivity index is 1.65. The predicted octanol–water partition coefficient (Wildman–Crippen LogP) is 5.70. The Kier molecular flexibility index (Phi) is 4.86. The van der Waals surface area contributed by atoms with E-state index in [0.29, 0.717) is 6.54 Å². The van der Waals surface area contributed by atoms with Crippen LogP contribution in [0.2, 0.25) is 0 Å². The first-order valence-corrected chi connectivity index (χ1v) is 11.5. The van der Waals surface area contributed by atoms with Crippen LogP contribution in [0.5, 0.6) is 0 Å². The van der Waals surface area contributed by atoms with Gasteiger partial charge in [0.2, 0.25) is 0 Å². The normalized spacial score (nSPS) is 12.6. The maximum absolute atomic E-state index is 13.5. The van der Waals surface area contributed by atoms with Gasteiger partial charge in [0.05, 0.1) is 5.39 Å². The summed E-state index contributed by atoms with van der Waals surface area (Å²) in [5.74, 6) is 0.782. The number of nitrogens with zero attached hydrogens (tertiary/aromatic N) is 2. The van der Waals surface area contributed by atoms with Crippen LogP contribution in [-0.4, -0.2) is 9.55 Å². The molecule has 0 bridgehead atoms. The SMILES string of the molecule is C=CCn1c(SCc2ccccc2)nc2sc3c(c2c1=O)CCc1ccccc1-3. The molecule has 29 heavy (non-hydrogen) atoms. The number of aromatic nitrogens is 2. The zero-order chi connectivity index (χ0) is 19.8. The van der Waals surface area contributed by atoms with Gasteiger partial charge in [-0.3, -0.25) is 9.36 Å². The fourth-order valence-corrected chi connectivity index (χ4v) is 6.21. The standard InChI is InChI=1S/C24H20N2OS2/c1-2-14-26-23(27)20-19-13-12-17-10-6-7-11-18(17)21(19)29-22(20)25-24(26)28-15-16-8-4-3-5-9-16/h2-11H,1,12-15H2. The zero-order valence-electron chi connectivity index (χ0n) is 15.9. The number of benzene rings is 2. The second-order valence-electron chi connectivity index (χ2n) is 7.12. The Morgan fingerprint density at radius 1 is 1.10 bits per heavy atom. The third kappa shape index (κ3) is 3.24. The summed E-state index contributed by atoms with van der Waals surface area (Å²) in [6.07, 6.45) is 3.64. The van der Waals surface area contributed by atoms with Crippen LogP contribution in [0.4, 0.5) is 0 Å². The van der Waals surface area contributed by atoms with E-state index in [9.17, 15) is 4.79 Å². The van der Waals surface area contributed by atoms with Crippen molar-refractivity contribution >= 4 is 33.3 Å². The molecule has 0 radical (unpaired) electrons. The van der Waals surface area contributed by atoms with Gasteiger partial charge >= 0.3 is 0 Å². The molecular weight excluding hydrogens is 396 g/mol. The summed E-state index contributed by atoms with van der Waals surface area (Å²) in [6.45, 7) is 4.32. The molecule has 0 atom stereocenters. The van der Waals surface area contributed by atoms with Gasteiger partial charge in [0.25, 0.3) is 5.56 Å². The van der Waals surface area contributed by atoms with Gasteiger partial charge in [-0.05, 0) is 35.1 Å². The molecule has 0 saturated heterocycles. The monoisotopic (exact) mass is 416 g/mol. The molecule has 0 unspecified atom stereocenters. The van der Waals surface area contributed by atoms with Crippen LogP contribution in [0.25, 0.3) is 20.7 Å². The van der Waals surface area contributed by atoms with E-state index in [1.807, 2.05) is 18.2 Å². The summed E-state index contributed by atoms with van der Waals surface area (Å²) in [6, 6.07) is 18.8. The summed E-state index contributed by atoms with van der Waals surface area (Å²) < 4.78 is 1.77. The van der Waals surface area contributed by atoms with Crippen LogP contribution in [0, 0.1) is 0 Å². The lowest BCUT2D eigenvalue weighted by Gasteiger charge is -2.16. The molecule has 0 saturated carbocycles. The van der Waals surface area contributed by atoms with Crippen molar-refractivity contribution in [3.8, 4) is 10.4 Å². The molecule has 0 fully saturated rings. The molecule has 1 aliphatic rings. The summed E-state index contributed by atoms with van der Waals surface area (Å²) in [5, 5.41) is 1.56. The van der Waals surface area contributed by atoms with Crippen molar-refractivity contribution in [2.24, 2.45) is 0 Å². The summed E-state index contributed by atoms with van der Waals surface area (Å²) in [4.78, 5) is 20.5. The molecule has 4 aromatic rings. The van der Waals surface area contributed by atoms with Crippen molar-refractivity contribution in [2.75, 3.05) is 0 Å². The molecule has 0 N–H and O–H groups in total. The number of fused-ring (bicyclic) bond motifs is 5. The number of hydrogen-bond acceptors (Lipinski definition) is 4. The zero-order valence-corrected chi connectivity index (χ0v) is 17.6. The van der Waals surface area contributed by atoms with Gasteiger partial charge in [0.1, 0.15) is 4.83 Å². The molecule has 2 heterocycles. The van der Waals surface area contributed by atoms with E-state index in [2.05, 4.69) is 43.0 Å². The van der Waals surface area contributed by atoms with Gasteiger partial charge in [0.15, 0.2) is 5.16 Å². The van der Waals surface area contributed by atoms with E-state index in [4.69, 9.17) is 4.98 Å². The third-order valence-corrected chi connectivity index (χ3v) is 7.51.